The van der Waals surface area contributed by atoms with Gasteiger partial charge in [0.15, 0.2) is 0 Å². The van der Waals surface area contributed by atoms with E-state index in [1.807, 2.05) is 0 Å². The number of aliphatic hydroxyl groups excluding tert-OH is 5. The fourth-order valence-electron chi connectivity index (χ4n) is 31.8. The third kappa shape index (κ3) is 16.1. The zero-order valence-corrected chi connectivity index (χ0v) is 71.9. The zero-order chi connectivity index (χ0) is 76.5. The Bertz CT molecular complexity index is 3090. The first-order chi connectivity index (χ1) is 50.8. The Morgan fingerprint density at radius 2 is 0.860 bits per heavy atom. The molecule has 107 heavy (non-hydrogen) atoms. The molecule has 0 spiro atoms. The number of hydrogen-bond donors (Lipinski definition) is 5. The number of ether oxygens (including phenoxy) is 1. The summed E-state index contributed by atoms with van der Waals surface area (Å²) in [5.74, 6) is 18.2. The molecular weight excluding hydrogens is 1310 g/mol. The first-order valence-electron chi connectivity index (χ1n) is 47.1. The van der Waals surface area contributed by atoms with Crippen LogP contribution in [0.25, 0.3) is 0 Å². The molecule has 0 radical (unpaired) electrons. The van der Waals surface area contributed by atoms with Crippen LogP contribution in [0.4, 0.5) is 0 Å². The molecule has 0 aromatic carbocycles. The van der Waals surface area contributed by atoms with Crippen molar-refractivity contribution in [2.45, 2.75) is 398 Å². The fourth-order valence-corrected chi connectivity index (χ4v) is 31.8. The average Bonchev–Trinajstić information content (AvgIpc) is 1.71. The van der Waals surface area contributed by atoms with Crippen molar-refractivity contribution in [1.82, 2.24) is 0 Å². The van der Waals surface area contributed by atoms with Crippen LogP contribution in [0.5, 0.6) is 0 Å². The van der Waals surface area contributed by atoms with Crippen LogP contribution >= 0.6 is 0 Å². The van der Waals surface area contributed by atoms with Crippen LogP contribution in [-0.2, 0) is 9.53 Å². The van der Waals surface area contributed by atoms with Gasteiger partial charge in [0, 0.05) is 18.4 Å². The largest absolute Gasteiger partial charge is 0.393 e. The highest BCUT2D eigenvalue weighted by Gasteiger charge is 2.63. The second-order valence-electron chi connectivity index (χ2n) is 44.7. The van der Waals surface area contributed by atoms with Crippen LogP contribution in [0.3, 0.4) is 0 Å². The predicted molar refractivity (Wildman–Crippen MR) is 443 cm³/mol. The molecule has 5 N–H and O–H groups in total. The molecule has 16 aliphatic rings. The summed E-state index contributed by atoms with van der Waals surface area (Å²) in [4.78, 5) is 12.4. The van der Waals surface area contributed by atoms with Gasteiger partial charge in [0.25, 0.3) is 0 Å². The number of allylic oxidation sites excluding steroid dienone is 4. The van der Waals surface area contributed by atoms with E-state index in [4.69, 9.17) is 4.74 Å². The number of aliphatic hydroxyl groups is 5. The van der Waals surface area contributed by atoms with Gasteiger partial charge in [-0.2, -0.15) is 0 Å². The van der Waals surface area contributed by atoms with Crippen molar-refractivity contribution in [2.75, 3.05) is 6.61 Å². The van der Waals surface area contributed by atoms with Gasteiger partial charge < -0.3 is 30.3 Å². The minimum atomic E-state index is -0.137. The monoisotopic (exact) mass is 1480 g/mol. The summed E-state index contributed by atoms with van der Waals surface area (Å²) < 4.78 is 6.35. The lowest BCUT2D eigenvalue weighted by atomic mass is 9.47. The Morgan fingerprint density at radius 3 is 1.36 bits per heavy atom. The summed E-state index contributed by atoms with van der Waals surface area (Å²) in [5.41, 5.74) is 7.36. The van der Waals surface area contributed by atoms with Crippen molar-refractivity contribution in [3.8, 4) is 0 Å². The summed E-state index contributed by atoms with van der Waals surface area (Å²) in [5, 5.41) is 50.9. The minimum Gasteiger partial charge on any atom is -0.393 e. The van der Waals surface area contributed by atoms with Crippen molar-refractivity contribution in [2.24, 2.45) is 168 Å². The molecule has 11 saturated carbocycles. The maximum absolute atomic E-state index is 12.4. The SMILES string of the molecule is CC(C)CCCC(C)C1CCC2C3CC=C4CC(O)CC[C@]4(C)C3CC[C@]12C.CC(CC[C@H](O)C(C)C)C1CC[C@H]2[C@@H]3CC=C4CC(O)CC[C@]4(C)[C@H]3CC[C@]12C.CC1CC[C@H]([C@@H](C)C2CC[C@H]3[C@@H]4C/C=C/CC(O)CC[C@H](C)[C@H]4CC[C@]23C)OC1.C[C@]12CC[C@H](O)CC1=CC[C@@H]1[C@@H]2CC[C@]2(C)C(=O)CC[C@@H]12. The normalized spacial score (nSPS) is 48.9. The fraction of sp³-hybridized carbons (Fsp3) is 0.910. The Kier molecular flexibility index (Phi) is 26.1. The van der Waals surface area contributed by atoms with E-state index in [0.29, 0.717) is 68.0 Å². The van der Waals surface area contributed by atoms with Crippen molar-refractivity contribution >= 4 is 5.78 Å². The average molecular weight is 1480 g/mol. The van der Waals surface area contributed by atoms with Gasteiger partial charge in [-0.15, -0.1) is 0 Å². The highest BCUT2D eigenvalue weighted by atomic mass is 16.5. The predicted octanol–water partition coefficient (Wildman–Crippen LogP) is 24.3. The smallest absolute Gasteiger partial charge is 0.139 e. The molecule has 1 aliphatic heterocycles. The summed E-state index contributed by atoms with van der Waals surface area (Å²) in [7, 11) is 0. The van der Waals surface area contributed by atoms with E-state index < -0.39 is 0 Å². The Morgan fingerprint density at radius 1 is 0.411 bits per heavy atom. The van der Waals surface area contributed by atoms with Crippen molar-refractivity contribution in [3.63, 3.8) is 0 Å². The maximum atomic E-state index is 12.4. The first-order valence-corrected chi connectivity index (χ1v) is 47.1. The summed E-state index contributed by atoms with van der Waals surface area (Å²) in [6, 6.07) is 0. The molecule has 0 aromatic rings. The van der Waals surface area contributed by atoms with Gasteiger partial charge in [-0.25, -0.2) is 0 Å². The van der Waals surface area contributed by atoms with Gasteiger partial charge in [-0.1, -0.05) is 177 Å². The molecule has 7 nitrogen and oxygen atoms in total. The van der Waals surface area contributed by atoms with E-state index in [0.717, 1.165) is 203 Å². The third-order valence-corrected chi connectivity index (χ3v) is 38.6. The van der Waals surface area contributed by atoms with Gasteiger partial charge >= 0.3 is 0 Å². The van der Waals surface area contributed by atoms with Crippen molar-refractivity contribution in [3.05, 3.63) is 47.1 Å². The van der Waals surface area contributed by atoms with Crippen LogP contribution in [0, 0.1) is 168 Å². The zero-order valence-electron chi connectivity index (χ0n) is 71.9. The van der Waals surface area contributed by atoms with Crippen LogP contribution in [0.2, 0.25) is 0 Å². The standard InChI is InChI=1S/2C27H46O2.C27H46O.C19H28O2/c1-17(2)25(29)11-6-18(3)22-9-10-23-21-8-7-19-16-20(28)12-14-26(19,4)24(21)13-15-27(22,23)5;1-18-9-14-26(29-17-18)20(3)24-12-13-25-23-8-6-5-7-21(28)11-10-19(2)22(23)15-16-27(24,25)4;1-18(2)7-6-8-19(3)23-11-12-24-22-10-9-20-17-21(28)13-15-26(20,4)25(22)14-16-27(23,24)5;1-18-9-7-13(20)11-12(18)3-4-14-15-5-6-17(21)19(15,2)10-8-16(14)18/h7,17-18,20-25,28-29H,6,8-16H2,1-5H3;5-6,18-26,28H,7-17H2,1-4H3;9,18-19,21-25,28H,6-8,10-17H2,1-5H3;3,13-16,20H,4-11H2,1-2H3/b;6-5+;;/t18?,20?,21-,22?,23-,24-,25-,26-,27+;18?,19-,20-,21?,22+,23+,24?,25-,26+,27+;19?,21?,22?,23?,24?,25?,26-,27+;13-,14-,15-,16-,18-,19-/m0000/s1. The summed E-state index contributed by atoms with van der Waals surface area (Å²) in [6.45, 7) is 40.1. The van der Waals surface area contributed by atoms with Gasteiger partial charge in [0.05, 0.1) is 36.6 Å². The van der Waals surface area contributed by atoms with E-state index in [-0.39, 0.29) is 35.9 Å². The lowest BCUT2D eigenvalue weighted by molar-refractivity contribution is -0.132. The number of hydrogen-bond acceptors (Lipinski definition) is 7. The molecule has 608 valence electrons. The lowest BCUT2D eigenvalue weighted by Crippen LogP contribution is -2.50. The molecule has 12 fully saturated rings. The molecule has 33 atom stereocenters. The molecule has 12 unspecified atom stereocenters. The van der Waals surface area contributed by atoms with Crippen LogP contribution in [0.15, 0.2) is 47.1 Å². The second-order valence-corrected chi connectivity index (χ2v) is 44.7. The Labute approximate surface area is 656 Å². The second kappa shape index (κ2) is 33.5. The highest BCUT2D eigenvalue weighted by Crippen LogP contribution is 2.71. The topological polar surface area (TPSA) is 127 Å². The number of carbonyl (C=O) groups excluding carboxylic acids is 1. The number of ketones is 1. The number of Topliss-reactive ketones (excluding diaryl/α,β-unsaturated/α-hetero) is 1. The molecule has 1 saturated heterocycles. The molecule has 16 rings (SSSR count). The molecule has 0 amide bonds. The van der Waals surface area contributed by atoms with Gasteiger partial charge in [-0.3, -0.25) is 4.79 Å². The quantitative estimate of drug-likeness (QED) is 0.123. The van der Waals surface area contributed by atoms with E-state index >= 15 is 0 Å². The van der Waals surface area contributed by atoms with Crippen LogP contribution in [0.1, 0.15) is 361 Å². The summed E-state index contributed by atoms with van der Waals surface area (Å²) >= 11 is 0. The Balaban J connectivity index is 0.000000127. The minimum absolute atomic E-state index is 0.0168. The summed E-state index contributed by atoms with van der Waals surface area (Å²) in [6.07, 6.45) is 59.9. The van der Waals surface area contributed by atoms with Crippen molar-refractivity contribution in [1.29, 1.82) is 0 Å². The van der Waals surface area contributed by atoms with E-state index in [1.54, 1.807) is 11.1 Å². The third-order valence-electron chi connectivity index (χ3n) is 38.6. The van der Waals surface area contributed by atoms with Gasteiger partial charge in [-0.05, 0) is 387 Å². The lowest BCUT2D eigenvalue weighted by Gasteiger charge is -2.58. The van der Waals surface area contributed by atoms with E-state index in [1.165, 1.54) is 166 Å². The molecule has 1 heterocycles. The molecule has 0 aromatic heterocycles. The van der Waals surface area contributed by atoms with Crippen LogP contribution in [-0.4, -0.2) is 74.5 Å². The van der Waals surface area contributed by atoms with Gasteiger partial charge in [0.1, 0.15) is 5.78 Å². The molecule has 0 bridgehead atoms. The highest BCUT2D eigenvalue weighted by molar-refractivity contribution is 5.87. The number of rotatable bonds is 12. The molecule has 7 heteroatoms. The Hall–Kier alpha value is -1.61. The maximum Gasteiger partial charge on any atom is 0.139 e. The number of carbonyl (C=O) groups is 1. The molecule has 15 aliphatic carbocycles. The molecular formula is C100H166O7. The van der Waals surface area contributed by atoms with Crippen molar-refractivity contribution < 1.29 is 35.1 Å². The van der Waals surface area contributed by atoms with Crippen LogP contribution < -0.4 is 0 Å². The van der Waals surface area contributed by atoms with E-state index in [9.17, 15) is 30.3 Å². The van der Waals surface area contributed by atoms with E-state index in [2.05, 4.69) is 141 Å². The first kappa shape index (κ1) is 83.3. The van der Waals surface area contributed by atoms with Gasteiger partial charge in [0.2, 0.25) is 0 Å². The number of fused-ring (bicyclic) bond motifs is 18.